The summed E-state index contributed by atoms with van der Waals surface area (Å²) in [7, 11) is 0. The van der Waals surface area contributed by atoms with Gasteiger partial charge in [-0.25, -0.2) is 0 Å². The molecule has 14 heteroatoms. The summed E-state index contributed by atoms with van der Waals surface area (Å²) in [5.74, 6) is -0.207. The summed E-state index contributed by atoms with van der Waals surface area (Å²) in [5, 5.41) is 86.6. The summed E-state index contributed by atoms with van der Waals surface area (Å²) < 4.78 is 22.7. The molecule has 0 saturated carbocycles. The van der Waals surface area contributed by atoms with Gasteiger partial charge in [0.1, 0.15) is 48.8 Å². The van der Waals surface area contributed by atoms with Crippen LogP contribution in [0.1, 0.15) is 309 Å². The number of unbranched alkanes of at least 4 members (excludes halogenated alkanes) is 42. The molecular formula is C64H125NO13. The molecule has 2 rings (SSSR count). The number of rotatable bonds is 55. The largest absolute Gasteiger partial charge is 0.394 e. The Bertz CT molecular complexity index is 1310. The molecule has 0 aromatic heterocycles. The van der Waals surface area contributed by atoms with E-state index in [1.54, 1.807) is 0 Å². The third-order valence-electron chi connectivity index (χ3n) is 16.8. The lowest BCUT2D eigenvalue weighted by atomic mass is 9.97. The van der Waals surface area contributed by atoms with Gasteiger partial charge in [0.05, 0.1) is 32.0 Å². The summed E-state index contributed by atoms with van der Waals surface area (Å²) in [6.07, 6.45) is 42.5. The van der Waals surface area contributed by atoms with Crippen LogP contribution in [0, 0.1) is 0 Å². The smallest absolute Gasteiger partial charge is 0.220 e. The number of hydrogen-bond acceptors (Lipinski definition) is 13. The summed E-state index contributed by atoms with van der Waals surface area (Å²) in [4.78, 5) is 13.1. The van der Waals surface area contributed by atoms with Crippen molar-refractivity contribution in [1.29, 1.82) is 0 Å². The van der Waals surface area contributed by atoms with E-state index in [0.29, 0.717) is 12.8 Å². The van der Waals surface area contributed by atoms with Crippen LogP contribution in [0.3, 0.4) is 0 Å². The number of ether oxygens (including phenoxy) is 4. The van der Waals surface area contributed by atoms with Gasteiger partial charge >= 0.3 is 0 Å². The first-order valence-corrected chi connectivity index (χ1v) is 33.3. The SMILES string of the molecule is CCCCCCCCCCCCCCCCCCCCCCCCCCCCCCCCCCCCCCCCCC(=O)NC(COC1OC(CO)C(OC2OC(CO)C(O)C(O)C2O)C(O)C1O)C(O)CCCCCCC. The summed E-state index contributed by atoms with van der Waals surface area (Å²) in [6.45, 7) is 2.79. The van der Waals surface area contributed by atoms with Gasteiger partial charge < -0.3 is 65.1 Å². The van der Waals surface area contributed by atoms with Gasteiger partial charge in [-0.1, -0.05) is 290 Å². The monoisotopic (exact) mass is 1120 g/mol. The number of hydrogen-bond donors (Lipinski definition) is 9. The van der Waals surface area contributed by atoms with Gasteiger partial charge in [0, 0.05) is 6.42 Å². The average Bonchev–Trinajstić information content (AvgIpc) is 3.47. The molecule has 2 saturated heterocycles. The number of nitrogens with one attached hydrogen (secondary N) is 1. The highest BCUT2D eigenvalue weighted by Gasteiger charge is 2.51. The fraction of sp³-hybridized carbons (Fsp3) is 0.984. The van der Waals surface area contributed by atoms with Gasteiger partial charge in [-0.15, -0.1) is 0 Å². The van der Waals surface area contributed by atoms with Crippen molar-refractivity contribution in [2.75, 3.05) is 19.8 Å². The Morgan fingerprint density at radius 1 is 0.410 bits per heavy atom. The molecule has 0 aliphatic carbocycles. The fourth-order valence-electron chi connectivity index (χ4n) is 11.5. The normalized spacial score (nSPS) is 24.4. The fourth-order valence-corrected chi connectivity index (χ4v) is 11.5. The van der Waals surface area contributed by atoms with Gasteiger partial charge in [-0.05, 0) is 12.8 Å². The van der Waals surface area contributed by atoms with E-state index in [2.05, 4.69) is 19.2 Å². The van der Waals surface area contributed by atoms with E-state index in [-0.39, 0.29) is 12.5 Å². The molecule has 0 bridgehead atoms. The molecule has 0 spiro atoms. The minimum absolute atomic E-state index is 0.207. The molecule has 12 unspecified atom stereocenters. The molecule has 464 valence electrons. The third kappa shape index (κ3) is 35.2. The van der Waals surface area contributed by atoms with E-state index in [0.717, 1.165) is 57.8 Å². The van der Waals surface area contributed by atoms with E-state index in [9.17, 15) is 45.6 Å². The summed E-state index contributed by atoms with van der Waals surface area (Å²) >= 11 is 0. The first-order valence-electron chi connectivity index (χ1n) is 33.3. The van der Waals surface area contributed by atoms with Crippen molar-refractivity contribution >= 4 is 5.91 Å². The van der Waals surface area contributed by atoms with Crippen molar-refractivity contribution in [1.82, 2.24) is 5.32 Å². The Morgan fingerprint density at radius 3 is 1.09 bits per heavy atom. The summed E-state index contributed by atoms with van der Waals surface area (Å²) in [6, 6.07) is -0.819. The van der Waals surface area contributed by atoms with E-state index in [4.69, 9.17) is 18.9 Å². The van der Waals surface area contributed by atoms with Crippen LogP contribution in [0.5, 0.6) is 0 Å². The Balaban J connectivity index is 1.44. The van der Waals surface area contributed by atoms with Crippen LogP contribution in [0.15, 0.2) is 0 Å². The Hall–Kier alpha value is -1.01. The molecule has 78 heavy (non-hydrogen) atoms. The number of amides is 1. The maximum absolute atomic E-state index is 13.1. The number of carbonyl (C=O) groups is 1. The van der Waals surface area contributed by atoms with Crippen LogP contribution in [0.4, 0.5) is 0 Å². The van der Waals surface area contributed by atoms with Gasteiger partial charge in [-0.3, -0.25) is 4.79 Å². The summed E-state index contributed by atoms with van der Waals surface area (Å²) in [5.41, 5.74) is 0. The minimum Gasteiger partial charge on any atom is -0.394 e. The zero-order valence-corrected chi connectivity index (χ0v) is 50.2. The minimum atomic E-state index is -1.78. The molecule has 12 atom stereocenters. The average molecular weight is 1120 g/mol. The van der Waals surface area contributed by atoms with E-state index < -0.39 is 86.8 Å². The van der Waals surface area contributed by atoms with Crippen molar-refractivity contribution in [2.24, 2.45) is 0 Å². The highest BCUT2D eigenvalue weighted by Crippen LogP contribution is 2.30. The van der Waals surface area contributed by atoms with Gasteiger partial charge in [0.25, 0.3) is 0 Å². The molecule has 2 heterocycles. The molecule has 2 aliphatic rings. The quantitative estimate of drug-likeness (QED) is 0.0259. The first-order chi connectivity index (χ1) is 38.1. The van der Waals surface area contributed by atoms with Crippen LogP contribution in [-0.4, -0.2) is 140 Å². The standard InChI is InChI=1S/C64H125NO13/c1-3-5-7-9-10-11-12-13-14-15-16-17-18-19-20-21-22-23-24-25-26-27-28-29-30-31-32-33-34-35-36-37-38-39-40-41-42-44-46-48-56(69)65-52(53(68)47-45-43-8-6-4-2)51-75-63-61(74)59(72)62(55(50-67)77-63)78-64-60(73)58(71)57(70)54(49-66)76-64/h52-55,57-64,66-68,70-74H,3-51H2,1-2H3,(H,65,69). The maximum Gasteiger partial charge on any atom is 0.220 e. The van der Waals surface area contributed by atoms with Crippen LogP contribution in [0.2, 0.25) is 0 Å². The van der Waals surface area contributed by atoms with Crippen molar-refractivity contribution < 1.29 is 64.6 Å². The van der Waals surface area contributed by atoms with E-state index >= 15 is 0 Å². The third-order valence-corrected chi connectivity index (χ3v) is 16.8. The molecule has 14 nitrogen and oxygen atoms in total. The molecule has 2 aliphatic heterocycles. The van der Waals surface area contributed by atoms with Crippen molar-refractivity contribution in [2.45, 2.75) is 383 Å². The lowest BCUT2D eigenvalue weighted by Crippen LogP contribution is -2.65. The second kappa shape index (κ2) is 50.5. The maximum atomic E-state index is 13.1. The number of aliphatic hydroxyl groups is 8. The van der Waals surface area contributed by atoms with Gasteiger partial charge in [0.2, 0.25) is 5.91 Å². The molecule has 2 fully saturated rings. The van der Waals surface area contributed by atoms with Crippen LogP contribution in [0.25, 0.3) is 0 Å². The van der Waals surface area contributed by atoms with Crippen molar-refractivity contribution in [3.8, 4) is 0 Å². The first kappa shape index (κ1) is 73.1. The lowest BCUT2D eigenvalue weighted by molar-refractivity contribution is -0.359. The lowest BCUT2D eigenvalue weighted by Gasteiger charge is -2.46. The highest BCUT2D eigenvalue weighted by atomic mass is 16.7. The zero-order chi connectivity index (χ0) is 56.7. The van der Waals surface area contributed by atoms with Crippen LogP contribution >= 0.6 is 0 Å². The second-order valence-corrected chi connectivity index (χ2v) is 24.0. The number of carbonyl (C=O) groups excluding carboxylic acids is 1. The predicted octanol–water partition coefficient (Wildman–Crippen LogP) is 12.5. The zero-order valence-electron chi connectivity index (χ0n) is 50.2. The highest BCUT2D eigenvalue weighted by molar-refractivity contribution is 5.76. The van der Waals surface area contributed by atoms with Gasteiger partial charge in [0.15, 0.2) is 12.6 Å². The molecule has 0 aromatic rings. The Morgan fingerprint density at radius 2 is 0.731 bits per heavy atom. The number of aliphatic hydroxyl groups excluding tert-OH is 8. The van der Waals surface area contributed by atoms with E-state index in [1.165, 1.54) is 225 Å². The van der Waals surface area contributed by atoms with E-state index in [1.807, 2.05) is 0 Å². The Kier molecular flexibility index (Phi) is 47.3. The Labute approximate surface area is 476 Å². The molecule has 9 N–H and O–H groups in total. The van der Waals surface area contributed by atoms with Crippen LogP contribution < -0.4 is 5.32 Å². The topological polar surface area (TPSA) is 228 Å². The molecular weight excluding hydrogens is 991 g/mol. The molecule has 0 radical (unpaired) electrons. The van der Waals surface area contributed by atoms with Crippen molar-refractivity contribution in [3.63, 3.8) is 0 Å². The predicted molar refractivity (Wildman–Crippen MR) is 314 cm³/mol. The van der Waals surface area contributed by atoms with Crippen molar-refractivity contribution in [3.05, 3.63) is 0 Å². The molecule has 0 aromatic carbocycles. The molecule has 1 amide bonds. The van der Waals surface area contributed by atoms with Gasteiger partial charge in [-0.2, -0.15) is 0 Å². The second-order valence-electron chi connectivity index (χ2n) is 24.0. The van der Waals surface area contributed by atoms with Crippen LogP contribution in [-0.2, 0) is 23.7 Å².